The van der Waals surface area contributed by atoms with Crippen LogP contribution in [0.4, 0.5) is 11.4 Å². The molecule has 1 amide bonds. The molecule has 0 unspecified atom stereocenters. The minimum Gasteiger partial charge on any atom is -0.372 e. The number of anilines is 2. The van der Waals surface area contributed by atoms with Gasteiger partial charge < -0.3 is 15.5 Å². The van der Waals surface area contributed by atoms with E-state index in [1.165, 1.54) is 18.5 Å². The molecule has 144 valence electrons. The first-order valence-corrected chi connectivity index (χ1v) is 10.1. The van der Waals surface area contributed by atoms with Gasteiger partial charge in [-0.1, -0.05) is 36.7 Å². The molecule has 0 atom stereocenters. The second-order valence-electron chi connectivity index (χ2n) is 7.28. The summed E-state index contributed by atoms with van der Waals surface area (Å²) in [5.74, 6) is 0.840. The van der Waals surface area contributed by atoms with E-state index in [1.54, 1.807) is 0 Å². The summed E-state index contributed by atoms with van der Waals surface area (Å²) in [6.07, 6.45) is 2.93. The summed E-state index contributed by atoms with van der Waals surface area (Å²) in [7, 11) is 0. The van der Waals surface area contributed by atoms with E-state index in [2.05, 4.69) is 34.6 Å². The zero-order valence-electron chi connectivity index (χ0n) is 15.9. The van der Waals surface area contributed by atoms with Crippen molar-refractivity contribution in [3.63, 3.8) is 0 Å². The molecule has 0 saturated carbocycles. The van der Waals surface area contributed by atoms with Gasteiger partial charge in [0.2, 0.25) is 5.91 Å². The predicted molar refractivity (Wildman–Crippen MR) is 113 cm³/mol. The maximum atomic E-state index is 12.1. The molecule has 1 aliphatic rings. The highest BCUT2D eigenvalue weighted by molar-refractivity contribution is 6.31. The molecule has 3 rings (SSSR count). The molecule has 1 saturated heterocycles. The van der Waals surface area contributed by atoms with Gasteiger partial charge in [-0.05, 0) is 54.7 Å². The van der Waals surface area contributed by atoms with Gasteiger partial charge in [0.15, 0.2) is 0 Å². The second-order valence-corrected chi connectivity index (χ2v) is 7.69. The first-order valence-electron chi connectivity index (χ1n) is 9.71. The Morgan fingerprint density at radius 2 is 1.81 bits per heavy atom. The second kappa shape index (κ2) is 9.77. The van der Waals surface area contributed by atoms with E-state index in [9.17, 15) is 4.79 Å². The van der Waals surface area contributed by atoms with Crippen molar-refractivity contribution in [3.8, 4) is 0 Å². The van der Waals surface area contributed by atoms with Crippen LogP contribution >= 0.6 is 11.6 Å². The largest absolute Gasteiger partial charge is 0.372 e. The molecule has 0 radical (unpaired) electrons. The zero-order chi connectivity index (χ0) is 19.1. The van der Waals surface area contributed by atoms with Crippen LogP contribution in [0.3, 0.4) is 0 Å². The van der Waals surface area contributed by atoms with Crippen LogP contribution in [0.5, 0.6) is 0 Å². The standard InChI is InChI=1S/C22H28ClN3O/c1-17-11-14-26(15-12-17)20-8-6-19(7-9-20)25-22(27)10-13-24-16-18-4-2-3-5-21(18)23/h2-9,17,24H,10-16H2,1H3,(H,25,27). The van der Waals surface area contributed by atoms with Gasteiger partial charge in [0.1, 0.15) is 0 Å². The summed E-state index contributed by atoms with van der Waals surface area (Å²) in [5, 5.41) is 6.98. The highest BCUT2D eigenvalue weighted by atomic mass is 35.5. The van der Waals surface area contributed by atoms with E-state index in [-0.39, 0.29) is 5.91 Å². The van der Waals surface area contributed by atoms with Gasteiger partial charge in [-0.3, -0.25) is 4.79 Å². The fraction of sp³-hybridized carbons (Fsp3) is 0.409. The Kier molecular flexibility index (Phi) is 7.13. The molecule has 2 aromatic rings. The zero-order valence-corrected chi connectivity index (χ0v) is 16.6. The quantitative estimate of drug-likeness (QED) is 0.679. The summed E-state index contributed by atoms with van der Waals surface area (Å²) < 4.78 is 0. The van der Waals surface area contributed by atoms with Crippen molar-refractivity contribution < 1.29 is 4.79 Å². The molecule has 0 aliphatic carbocycles. The van der Waals surface area contributed by atoms with E-state index in [0.717, 1.165) is 35.3 Å². The van der Waals surface area contributed by atoms with Gasteiger partial charge >= 0.3 is 0 Å². The van der Waals surface area contributed by atoms with Gasteiger partial charge in [-0.15, -0.1) is 0 Å². The van der Waals surface area contributed by atoms with E-state index in [4.69, 9.17) is 11.6 Å². The Morgan fingerprint density at radius 3 is 2.52 bits per heavy atom. The predicted octanol–water partition coefficient (Wildman–Crippen LogP) is 4.69. The van der Waals surface area contributed by atoms with Gasteiger partial charge in [0.05, 0.1) is 0 Å². The summed E-state index contributed by atoms with van der Waals surface area (Å²) in [5.41, 5.74) is 3.13. The number of nitrogens with one attached hydrogen (secondary N) is 2. The van der Waals surface area contributed by atoms with Crippen molar-refractivity contribution in [3.05, 3.63) is 59.1 Å². The number of nitrogens with zero attached hydrogens (tertiary/aromatic N) is 1. The average Bonchev–Trinajstić information content (AvgIpc) is 2.68. The smallest absolute Gasteiger partial charge is 0.225 e. The Balaban J connectivity index is 1.39. The van der Waals surface area contributed by atoms with Crippen molar-refractivity contribution in [1.29, 1.82) is 0 Å². The van der Waals surface area contributed by atoms with Crippen molar-refractivity contribution in [2.75, 3.05) is 29.9 Å². The van der Waals surface area contributed by atoms with E-state index < -0.39 is 0 Å². The molecule has 1 heterocycles. The molecule has 4 nitrogen and oxygen atoms in total. The van der Waals surface area contributed by atoms with Crippen LogP contribution in [-0.4, -0.2) is 25.5 Å². The van der Waals surface area contributed by atoms with Crippen molar-refractivity contribution in [2.24, 2.45) is 5.92 Å². The normalized spacial score (nSPS) is 15.0. The van der Waals surface area contributed by atoms with Crippen LogP contribution in [0.15, 0.2) is 48.5 Å². The molecule has 1 aliphatic heterocycles. The fourth-order valence-electron chi connectivity index (χ4n) is 3.31. The lowest BCUT2D eigenvalue weighted by Gasteiger charge is -2.32. The van der Waals surface area contributed by atoms with Gasteiger partial charge in [-0.25, -0.2) is 0 Å². The van der Waals surface area contributed by atoms with Crippen molar-refractivity contribution >= 4 is 28.9 Å². The lowest BCUT2D eigenvalue weighted by molar-refractivity contribution is -0.116. The third-order valence-electron chi connectivity index (χ3n) is 5.10. The minimum atomic E-state index is 0.0150. The number of rotatable bonds is 7. The average molecular weight is 386 g/mol. The number of halogens is 1. The molecule has 1 fully saturated rings. The third kappa shape index (κ3) is 5.98. The monoisotopic (exact) mass is 385 g/mol. The molecule has 2 N–H and O–H groups in total. The molecule has 27 heavy (non-hydrogen) atoms. The summed E-state index contributed by atoms with van der Waals surface area (Å²) in [6.45, 7) is 5.82. The van der Waals surface area contributed by atoms with Crippen LogP contribution in [0.25, 0.3) is 0 Å². The first kappa shape index (κ1) is 19.7. The van der Waals surface area contributed by atoms with Crippen molar-refractivity contribution in [1.82, 2.24) is 5.32 Å². The first-order chi connectivity index (χ1) is 13.1. The lowest BCUT2D eigenvalue weighted by atomic mass is 9.99. The minimum absolute atomic E-state index is 0.0150. The van der Waals surface area contributed by atoms with Crippen LogP contribution in [0.1, 0.15) is 31.7 Å². The third-order valence-corrected chi connectivity index (χ3v) is 5.47. The molecular weight excluding hydrogens is 358 g/mol. The molecular formula is C22H28ClN3O. The van der Waals surface area contributed by atoms with Gasteiger partial charge in [-0.2, -0.15) is 0 Å². The SMILES string of the molecule is CC1CCN(c2ccc(NC(=O)CCNCc3ccccc3Cl)cc2)CC1. The number of carbonyl (C=O) groups excluding carboxylic acids is 1. The summed E-state index contributed by atoms with van der Waals surface area (Å²) in [4.78, 5) is 14.5. The Hall–Kier alpha value is -2.04. The van der Waals surface area contributed by atoms with Crippen LogP contribution in [-0.2, 0) is 11.3 Å². The Labute approximate surface area is 166 Å². The number of amides is 1. The number of carbonyl (C=O) groups is 1. The maximum Gasteiger partial charge on any atom is 0.225 e. The molecule has 5 heteroatoms. The molecule has 0 aromatic heterocycles. The van der Waals surface area contributed by atoms with E-state index in [1.807, 2.05) is 36.4 Å². The van der Waals surface area contributed by atoms with Crippen molar-refractivity contribution in [2.45, 2.75) is 32.7 Å². The Bertz CT molecular complexity index is 739. The lowest BCUT2D eigenvalue weighted by Crippen LogP contribution is -2.32. The molecule has 0 bridgehead atoms. The van der Waals surface area contributed by atoms with Gasteiger partial charge in [0.25, 0.3) is 0 Å². The Morgan fingerprint density at radius 1 is 1.11 bits per heavy atom. The topological polar surface area (TPSA) is 44.4 Å². The van der Waals surface area contributed by atoms with Gasteiger partial charge in [0, 0.05) is 49.0 Å². The number of benzene rings is 2. The summed E-state index contributed by atoms with van der Waals surface area (Å²) in [6, 6.07) is 15.9. The van der Waals surface area contributed by atoms with Crippen LogP contribution < -0.4 is 15.5 Å². The number of piperidine rings is 1. The van der Waals surface area contributed by atoms with Crippen LogP contribution in [0, 0.1) is 5.92 Å². The van der Waals surface area contributed by atoms with E-state index >= 15 is 0 Å². The maximum absolute atomic E-state index is 12.1. The summed E-state index contributed by atoms with van der Waals surface area (Å²) >= 11 is 6.13. The highest BCUT2D eigenvalue weighted by Gasteiger charge is 2.15. The van der Waals surface area contributed by atoms with Crippen LogP contribution in [0.2, 0.25) is 5.02 Å². The number of hydrogen-bond donors (Lipinski definition) is 2. The van der Waals surface area contributed by atoms with E-state index in [0.29, 0.717) is 19.5 Å². The number of hydrogen-bond acceptors (Lipinski definition) is 3. The highest BCUT2D eigenvalue weighted by Crippen LogP contribution is 2.24. The fourth-order valence-corrected chi connectivity index (χ4v) is 3.52. The molecule has 0 spiro atoms. The molecule has 2 aromatic carbocycles.